The summed E-state index contributed by atoms with van der Waals surface area (Å²) in [6.07, 6.45) is 1.18. The quantitative estimate of drug-likeness (QED) is 0.607. The lowest BCUT2D eigenvalue weighted by atomic mass is 10.0. The zero-order chi connectivity index (χ0) is 18.4. The fraction of sp³-hybridized carbons (Fsp3) is 0.556. The van der Waals surface area contributed by atoms with E-state index < -0.39 is 17.6 Å². The van der Waals surface area contributed by atoms with Gasteiger partial charge >= 0.3 is 11.8 Å². The molecule has 3 rings (SSSR count). The van der Waals surface area contributed by atoms with E-state index in [0.29, 0.717) is 44.9 Å². The molecule has 2 aliphatic rings. The lowest BCUT2D eigenvalue weighted by Gasteiger charge is -2.37. The van der Waals surface area contributed by atoms with Crippen LogP contribution in [0.1, 0.15) is 12.8 Å². The summed E-state index contributed by atoms with van der Waals surface area (Å²) in [6.45, 7) is 2.60. The third-order valence-corrected chi connectivity index (χ3v) is 4.54. The van der Waals surface area contributed by atoms with Crippen LogP contribution in [0.5, 0.6) is 11.5 Å². The van der Waals surface area contributed by atoms with Crippen LogP contribution >= 0.6 is 0 Å². The van der Waals surface area contributed by atoms with Gasteiger partial charge in [-0.15, -0.1) is 0 Å². The summed E-state index contributed by atoms with van der Waals surface area (Å²) in [4.78, 5) is 25.8. The molecule has 2 fully saturated rings. The summed E-state index contributed by atoms with van der Waals surface area (Å²) in [5, 5.41) is 2.59. The SMILES string of the molecule is COc1ccc(OCCNC(=O)C(=O)N2CCC3(CC2)OCCO3)cc1. The summed E-state index contributed by atoms with van der Waals surface area (Å²) < 4.78 is 21.8. The van der Waals surface area contributed by atoms with E-state index in [9.17, 15) is 9.59 Å². The number of rotatable bonds is 5. The van der Waals surface area contributed by atoms with E-state index in [4.69, 9.17) is 18.9 Å². The number of piperidine rings is 1. The molecule has 0 aromatic heterocycles. The van der Waals surface area contributed by atoms with Crippen LogP contribution in [0, 0.1) is 0 Å². The summed E-state index contributed by atoms with van der Waals surface area (Å²) in [7, 11) is 1.60. The summed E-state index contributed by atoms with van der Waals surface area (Å²) >= 11 is 0. The molecular formula is C18H24N2O6. The van der Waals surface area contributed by atoms with E-state index in [1.54, 1.807) is 31.4 Å². The molecule has 2 aliphatic heterocycles. The van der Waals surface area contributed by atoms with Crippen LogP contribution in [0.4, 0.5) is 0 Å². The van der Waals surface area contributed by atoms with Crippen LogP contribution in [-0.4, -0.2) is 69.1 Å². The van der Waals surface area contributed by atoms with E-state index in [0.717, 1.165) is 5.75 Å². The molecule has 1 aromatic carbocycles. The monoisotopic (exact) mass is 364 g/mol. The first kappa shape index (κ1) is 18.5. The third kappa shape index (κ3) is 4.44. The van der Waals surface area contributed by atoms with Crippen LogP contribution in [0.25, 0.3) is 0 Å². The molecule has 2 heterocycles. The molecule has 8 heteroatoms. The van der Waals surface area contributed by atoms with Crippen LogP contribution < -0.4 is 14.8 Å². The fourth-order valence-corrected chi connectivity index (χ4v) is 3.06. The van der Waals surface area contributed by atoms with Crippen molar-refractivity contribution in [2.75, 3.05) is 46.6 Å². The smallest absolute Gasteiger partial charge is 0.311 e. The molecule has 0 unspecified atom stereocenters. The predicted octanol–water partition coefficient (Wildman–Crippen LogP) is 0.556. The topological polar surface area (TPSA) is 86.3 Å². The van der Waals surface area contributed by atoms with Crippen molar-refractivity contribution in [2.24, 2.45) is 0 Å². The second-order valence-electron chi connectivity index (χ2n) is 6.18. The zero-order valence-electron chi connectivity index (χ0n) is 14.9. The number of benzene rings is 1. The molecule has 1 spiro atoms. The van der Waals surface area contributed by atoms with Gasteiger partial charge in [-0.05, 0) is 24.3 Å². The number of nitrogens with one attached hydrogen (secondary N) is 1. The lowest BCUT2D eigenvalue weighted by molar-refractivity contribution is -0.188. The molecule has 0 radical (unpaired) electrons. The predicted molar refractivity (Wildman–Crippen MR) is 91.9 cm³/mol. The first-order chi connectivity index (χ1) is 12.6. The number of nitrogens with zero attached hydrogens (tertiary/aromatic N) is 1. The van der Waals surface area contributed by atoms with Gasteiger partial charge in [0, 0.05) is 25.9 Å². The van der Waals surface area contributed by atoms with E-state index in [1.807, 2.05) is 0 Å². The maximum Gasteiger partial charge on any atom is 0.311 e. The molecule has 2 saturated heterocycles. The minimum Gasteiger partial charge on any atom is -0.497 e. The van der Waals surface area contributed by atoms with Gasteiger partial charge in [-0.1, -0.05) is 0 Å². The van der Waals surface area contributed by atoms with Crippen LogP contribution in [0.15, 0.2) is 24.3 Å². The molecule has 8 nitrogen and oxygen atoms in total. The maximum absolute atomic E-state index is 12.2. The molecule has 0 bridgehead atoms. The number of amides is 2. The van der Waals surface area contributed by atoms with Crippen LogP contribution in [-0.2, 0) is 19.1 Å². The van der Waals surface area contributed by atoms with E-state index in [2.05, 4.69) is 5.32 Å². The van der Waals surface area contributed by atoms with Gasteiger partial charge in [0.1, 0.15) is 18.1 Å². The number of carbonyl (C=O) groups is 2. The van der Waals surface area contributed by atoms with Crippen molar-refractivity contribution in [3.63, 3.8) is 0 Å². The minimum absolute atomic E-state index is 0.251. The lowest BCUT2D eigenvalue weighted by Crippen LogP contribution is -2.51. The molecule has 1 aromatic rings. The van der Waals surface area contributed by atoms with Crippen molar-refractivity contribution in [3.05, 3.63) is 24.3 Å². The van der Waals surface area contributed by atoms with Gasteiger partial charge in [0.25, 0.3) is 0 Å². The highest BCUT2D eigenvalue weighted by Gasteiger charge is 2.41. The van der Waals surface area contributed by atoms with Crippen molar-refractivity contribution in [1.82, 2.24) is 10.2 Å². The molecule has 1 N–H and O–H groups in total. The average molecular weight is 364 g/mol. The molecule has 0 atom stereocenters. The number of methoxy groups -OCH3 is 1. The van der Waals surface area contributed by atoms with Gasteiger partial charge in [0.05, 0.1) is 26.9 Å². The van der Waals surface area contributed by atoms with Crippen LogP contribution in [0.2, 0.25) is 0 Å². The number of hydrogen-bond acceptors (Lipinski definition) is 6. The normalized spacial score (nSPS) is 18.6. The Balaban J connectivity index is 1.35. The Morgan fingerprint density at radius 1 is 1.12 bits per heavy atom. The van der Waals surface area contributed by atoms with E-state index >= 15 is 0 Å². The van der Waals surface area contributed by atoms with Gasteiger partial charge in [-0.3, -0.25) is 9.59 Å². The number of hydrogen-bond donors (Lipinski definition) is 1. The molecular weight excluding hydrogens is 340 g/mol. The zero-order valence-corrected chi connectivity index (χ0v) is 14.9. The number of ether oxygens (including phenoxy) is 4. The highest BCUT2D eigenvalue weighted by Crippen LogP contribution is 2.31. The summed E-state index contributed by atoms with van der Waals surface area (Å²) in [6, 6.07) is 7.14. The van der Waals surface area contributed by atoms with Crippen molar-refractivity contribution in [1.29, 1.82) is 0 Å². The highest BCUT2D eigenvalue weighted by atomic mass is 16.7. The first-order valence-corrected chi connectivity index (χ1v) is 8.74. The van der Waals surface area contributed by atoms with Crippen molar-refractivity contribution in [3.8, 4) is 11.5 Å². The maximum atomic E-state index is 12.2. The summed E-state index contributed by atoms with van der Waals surface area (Å²) in [5.41, 5.74) is 0. The average Bonchev–Trinajstić information content (AvgIpc) is 3.13. The number of likely N-dealkylation sites (tertiary alicyclic amines) is 1. The second-order valence-corrected chi connectivity index (χ2v) is 6.18. The van der Waals surface area contributed by atoms with Crippen molar-refractivity contribution < 1.29 is 28.5 Å². The Hall–Kier alpha value is -2.32. The largest absolute Gasteiger partial charge is 0.497 e. The second kappa shape index (κ2) is 8.37. The third-order valence-electron chi connectivity index (χ3n) is 4.54. The fourth-order valence-electron chi connectivity index (χ4n) is 3.06. The van der Waals surface area contributed by atoms with Crippen molar-refractivity contribution in [2.45, 2.75) is 18.6 Å². The van der Waals surface area contributed by atoms with Crippen LogP contribution in [0.3, 0.4) is 0 Å². The van der Waals surface area contributed by atoms with Gasteiger partial charge in [-0.2, -0.15) is 0 Å². The Morgan fingerprint density at radius 3 is 2.35 bits per heavy atom. The molecule has 26 heavy (non-hydrogen) atoms. The molecule has 2 amide bonds. The van der Waals surface area contributed by atoms with E-state index in [1.165, 1.54) is 4.90 Å². The Kier molecular flexibility index (Phi) is 5.95. The molecule has 0 saturated carbocycles. The minimum atomic E-state index is -0.618. The van der Waals surface area contributed by atoms with Gasteiger partial charge in [0.2, 0.25) is 0 Å². The molecule has 142 valence electrons. The van der Waals surface area contributed by atoms with Gasteiger partial charge < -0.3 is 29.2 Å². The van der Waals surface area contributed by atoms with E-state index in [-0.39, 0.29) is 13.2 Å². The van der Waals surface area contributed by atoms with Gasteiger partial charge in [-0.25, -0.2) is 0 Å². The standard InChI is InChI=1S/C18H24N2O6/c1-23-14-2-4-15(5-3-14)24-11-8-19-16(21)17(22)20-9-6-18(7-10-20)25-12-13-26-18/h2-5H,6-13H2,1H3,(H,19,21). The van der Waals surface area contributed by atoms with Crippen molar-refractivity contribution >= 4 is 11.8 Å². The molecule has 0 aliphatic carbocycles. The Labute approximate surface area is 152 Å². The highest BCUT2D eigenvalue weighted by molar-refractivity contribution is 6.35. The Bertz CT molecular complexity index is 617. The van der Waals surface area contributed by atoms with Gasteiger partial charge in [0.15, 0.2) is 5.79 Å². The number of carbonyl (C=O) groups excluding carboxylic acids is 2. The Morgan fingerprint density at radius 2 is 1.73 bits per heavy atom. The first-order valence-electron chi connectivity index (χ1n) is 8.74. The summed E-state index contributed by atoms with van der Waals surface area (Å²) in [5.74, 6) is -0.286.